The molecule has 4 rings (SSSR count). The second-order valence-corrected chi connectivity index (χ2v) is 6.63. The molecule has 5 N–H and O–H groups in total. The Balaban J connectivity index is 1.97. The topological polar surface area (TPSA) is 125 Å². The second-order valence-electron chi connectivity index (χ2n) is 6.63. The quantitative estimate of drug-likeness (QED) is 0.576. The average molecular weight is 391 g/mol. The molecular formula is C21H21N5O3. The van der Waals surface area contributed by atoms with Crippen molar-refractivity contribution in [1.82, 2.24) is 9.97 Å². The number of benzene rings is 2. The van der Waals surface area contributed by atoms with Crippen LogP contribution < -0.4 is 16.8 Å². The number of aromatic nitrogens is 2. The van der Waals surface area contributed by atoms with Gasteiger partial charge in [-0.2, -0.15) is 9.97 Å². The van der Waals surface area contributed by atoms with Crippen LogP contribution in [0.1, 0.15) is 30.9 Å². The molecule has 148 valence electrons. The maximum atomic E-state index is 12.2. The number of nitrogen functional groups attached to an aromatic ring is 2. The molecule has 1 unspecified atom stereocenters. The third-order valence-corrected chi connectivity index (χ3v) is 4.81. The number of ether oxygens (including phenoxy) is 2. The Morgan fingerprint density at radius 1 is 1.14 bits per heavy atom. The lowest BCUT2D eigenvalue weighted by Gasteiger charge is -2.30. The van der Waals surface area contributed by atoms with Crippen LogP contribution in [-0.4, -0.2) is 22.7 Å². The number of nitrogens with one attached hydrogen (secondary N) is 1. The van der Waals surface area contributed by atoms with Gasteiger partial charge in [-0.15, -0.1) is 0 Å². The van der Waals surface area contributed by atoms with E-state index in [1.54, 1.807) is 13.8 Å². The minimum atomic E-state index is -0.785. The molecule has 1 atom stereocenters. The zero-order chi connectivity index (χ0) is 20.5. The molecular weight excluding hydrogens is 370 g/mol. The van der Waals surface area contributed by atoms with Crippen molar-refractivity contribution in [3.8, 4) is 0 Å². The highest BCUT2D eigenvalue weighted by molar-refractivity contribution is 5.88. The van der Waals surface area contributed by atoms with Crippen LogP contribution in [0.25, 0.3) is 10.8 Å². The molecule has 0 amide bonds. The van der Waals surface area contributed by atoms with E-state index in [4.69, 9.17) is 20.9 Å². The number of hydrogen-bond acceptors (Lipinski definition) is 8. The summed E-state index contributed by atoms with van der Waals surface area (Å²) in [5.41, 5.74) is 14.2. The predicted octanol–water partition coefficient (Wildman–Crippen LogP) is 3.76. The summed E-state index contributed by atoms with van der Waals surface area (Å²) in [5, 5.41) is 5.17. The number of nitrogens with two attached hydrogens (primary N) is 2. The van der Waals surface area contributed by atoms with Crippen LogP contribution in [0.5, 0.6) is 0 Å². The summed E-state index contributed by atoms with van der Waals surface area (Å²) in [4.78, 5) is 20.6. The van der Waals surface area contributed by atoms with Crippen molar-refractivity contribution in [2.45, 2.75) is 19.8 Å². The molecule has 0 saturated carbocycles. The molecule has 29 heavy (non-hydrogen) atoms. The van der Waals surface area contributed by atoms with Crippen LogP contribution in [0.3, 0.4) is 0 Å². The van der Waals surface area contributed by atoms with E-state index in [-0.39, 0.29) is 18.4 Å². The number of allylic oxidation sites excluding steroid dienone is 2. The summed E-state index contributed by atoms with van der Waals surface area (Å²) in [5.74, 6) is 0.639. The van der Waals surface area contributed by atoms with E-state index in [2.05, 4.69) is 15.3 Å². The van der Waals surface area contributed by atoms with Crippen LogP contribution in [-0.2, 0) is 9.47 Å². The highest BCUT2D eigenvalue weighted by Crippen LogP contribution is 2.45. The van der Waals surface area contributed by atoms with Gasteiger partial charge in [0.1, 0.15) is 17.4 Å². The Bertz CT molecular complexity index is 1140. The van der Waals surface area contributed by atoms with Crippen molar-refractivity contribution in [3.63, 3.8) is 0 Å². The number of carbonyl (C=O) groups excluding carboxylic acids is 1. The summed E-state index contributed by atoms with van der Waals surface area (Å²) < 4.78 is 10.6. The Hall–Kier alpha value is -3.81. The van der Waals surface area contributed by atoms with E-state index in [0.29, 0.717) is 22.8 Å². The third-order valence-electron chi connectivity index (χ3n) is 4.81. The van der Waals surface area contributed by atoms with Crippen LogP contribution >= 0.6 is 0 Å². The van der Waals surface area contributed by atoms with Gasteiger partial charge in [-0.05, 0) is 30.2 Å². The molecule has 0 fully saturated rings. The van der Waals surface area contributed by atoms with E-state index in [1.165, 1.54) is 0 Å². The number of carbonyl (C=O) groups is 1. The Morgan fingerprint density at radius 3 is 2.69 bits per heavy atom. The molecule has 1 aliphatic rings. The van der Waals surface area contributed by atoms with Crippen molar-refractivity contribution in [1.29, 1.82) is 0 Å². The van der Waals surface area contributed by atoms with Gasteiger partial charge in [-0.25, -0.2) is 4.79 Å². The fourth-order valence-corrected chi connectivity index (χ4v) is 3.64. The fourth-order valence-electron chi connectivity index (χ4n) is 3.64. The van der Waals surface area contributed by atoms with E-state index in [1.807, 2.05) is 42.5 Å². The standard InChI is InChI=1S/C21H21N5O3/c1-3-28-21(27)29-17-11(2)24-19-16(18(22)25-20(23)26-19)15(17)14-10-6-8-12-7-4-5-9-13(12)14/h4-10,15H,3H2,1-2H3,(H5,22,23,24,25,26). The van der Waals surface area contributed by atoms with Gasteiger partial charge in [0, 0.05) is 0 Å². The molecule has 3 aromatic rings. The molecule has 8 nitrogen and oxygen atoms in total. The SMILES string of the molecule is CCOC(=O)OC1=C(C)Nc2nc(N)nc(N)c2C1c1cccc2ccccc12. The van der Waals surface area contributed by atoms with E-state index >= 15 is 0 Å². The van der Waals surface area contributed by atoms with Crippen LogP contribution in [0.15, 0.2) is 53.9 Å². The minimum Gasteiger partial charge on any atom is -0.434 e. The molecule has 0 bridgehead atoms. The predicted molar refractivity (Wildman–Crippen MR) is 111 cm³/mol. The van der Waals surface area contributed by atoms with Gasteiger partial charge in [-0.3, -0.25) is 0 Å². The van der Waals surface area contributed by atoms with Crippen molar-refractivity contribution in [3.05, 3.63) is 65.0 Å². The zero-order valence-electron chi connectivity index (χ0n) is 16.1. The van der Waals surface area contributed by atoms with Crippen molar-refractivity contribution < 1.29 is 14.3 Å². The summed E-state index contributed by atoms with van der Waals surface area (Å²) in [6.07, 6.45) is -0.785. The summed E-state index contributed by atoms with van der Waals surface area (Å²) >= 11 is 0. The van der Waals surface area contributed by atoms with E-state index < -0.39 is 12.1 Å². The molecule has 0 spiro atoms. The summed E-state index contributed by atoms with van der Waals surface area (Å²) in [6, 6.07) is 13.9. The number of fused-ring (bicyclic) bond motifs is 2. The lowest BCUT2D eigenvalue weighted by atomic mass is 9.84. The lowest BCUT2D eigenvalue weighted by molar-refractivity contribution is 0.0778. The highest BCUT2D eigenvalue weighted by atomic mass is 16.7. The number of anilines is 3. The molecule has 1 aliphatic heterocycles. The summed E-state index contributed by atoms with van der Waals surface area (Å²) in [7, 11) is 0. The number of hydrogen-bond donors (Lipinski definition) is 3. The molecule has 2 aromatic carbocycles. The first-order chi connectivity index (χ1) is 14.0. The molecule has 0 aliphatic carbocycles. The Morgan fingerprint density at radius 2 is 1.90 bits per heavy atom. The Labute approximate surface area is 167 Å². The van der Waals surface area contributed by atoms with Crippen molar-refractivity contribution >= 4 is 34.5 Å². The minimum absolute atomic E-state index is 0.0629. The smallest absolute Gasteiger partial charge is 0.434 e. The molecule has 0 saturated heterocycles. The normalized spacial score (nSPS) is 15.6. The Kier molecular flexibility index (Phi) is 4.67. The van der Waals surface area contributed by atoms with E-state index in [0.717, 1.165) is 16.3 Å². The van der Waals surface area contributed by atoms with Gasteiger partial charge >= 0.3 is 6.16 Å². The highest BCUT2D eigenvalue weighted by Gasteiger charge is 2.35. The van der Waals surface area contributed by atoms with E-state index in [9.17, 15) is 4.79 Å². The third kappa shape index (κ3) is 3.29. The molecule has 2 heterocycles. The van der Waals surface area contributed by atoms with Crippen molar-refractivity contribution in [2.75, 3.05) is 23.4 Å². The van der Waals surface area contributed by atoms with Gasteiger partial charge < -0.3 is 26.3 Å². The summed E-state index contributed by atoms with van der Waals surface area (Å²) in [6.45, 7) is 3.72. The molecule has 0 radical (unpaired) electrons. The molecule has 8 heteroatoms. The van der Waals surface area contributed by atoms with Crippen molar-refractivity contribution in [2.24, 2.45) is 0 Å². The average Bonchev–Trinajstić information content (AvgIpc) is 2.68. The van der Waals surface area contributed by atoms with Crippen LogP contribution in [0, 0.1) is 0 Å². The first-order valence-corrected chi connectivity index (χ1v) is 9.22. The maximum Gasteiger partial charge on any atom is 0.513 e. The van der Waals surface area contributed by atoms with Gasteiger partial charge in [-0.1, -0.05) is 42.5 Å². The van der Waals surface area contributed by atoms with Gasteiger partial charge in [0.2, 0.25) is 5.95 Å². The maximum absolute atomic E-state index is 12.2. The lowest BCUT2D eigenvalue weighted by Crippen LogP contribution is -2.25. The largest absolute Gasteiger partial charge is 0.513 e. The number of nitrogens with zero attached hydrogens (tertiary/aromatic N) is 2. The first-order valence-electron chi connectivity index (χ1n) is 9.22. The second kappa shape index (κ2) is 7.31. The van der Waals surface area contributed by atoms with Gasteiger partial charge in [0.25, 0.3) is 0 Å². The monoisotopic (exact) mass is 391 g/mol. The van der Waals surface area contributed by atoms with Gasteiger partial charge in [0.05, 0.1) is 23.8 Å². The van der Waals surface area contributed by atoms with Crippen LogP contribution in [0.2, 0.25) is 0 Å². The molecule has 1 aromatic heterocycles. The first kappa shape index (κ1) is 18.5. The van der Waals surface area contributed by atoms with Gasteiger partial charge in [0.15, 0.2) is 0 Å². The number of rotatable bonds is 3. The fraction of sp³-hybridized carbons (Fsp3) is 0.190. The zero-order valence-corrected chi connectivity index (χ0v) is 16.1. The van der Waals surface area contributed by atoms with Crippen LogP contribution in [0.4, 0.5) is 22.4 Å².